The molecule has 0 aromatic heterocycles. The molecule has 0 atom stereocenters. The number of nitrogens with one attached hydrogen (secondary N) is 1. The molecule has 1 aliphatic rings. The molecular weight excluding hydrogens is 380 g/mol. The molecule has 4 nitrogen and oxygen atoms in total. The molecule has 1 amide bonds. The van der Waals surface area contributed by atoms with Crippen LogP contribution < -0.4 is 10.1 Å². The van der Waals surface area contributed by atoms with E-state index in [0.29, 0.717) is 12.6 Å². The molecular formula is C20H23BrN2O2. The highest BCUT2D eigenvalue weighted by Gasteiger charge is 2.30. The van der Waals surface area contributed by atoms with E-state index in [9.17, 15) is 4.79 Å². The third kappa shape index (κ3) is 5.06. The summed E-state index contributed by atoms with van der Waals surface area (Å²) in [5.74, 6) is 0.869. The quantitative estimate of drug-likeness (QED) is 0.747. The first kappa shape index (κ1) is 18.0. The minimum absolute atomic E-state index is 0.0185. The van der Waals surface area contributed by atoms with Crippen LogP contribution >= 0.6 is 15.9 Å². The molecule has 0 unspecified atom stereocenters. The van der Waals surface area contributed by atoms with Crippen LogP contribution in [0.5, 0.6) is 5.75 Å². The smallest absolute Gasteiger partial charge is 0.238 e. The zero-order chi connectivity index (χ0) is 17.8. The number of hydrogen-bond acceptors (Lipinski definition) is 3. The lowest BCUT2D eigenvalue weighted by Gasteiger charge is -2.22. The van der Waals surface area contributed by atoms with Crippen molar-refractivity contribution in [1.82, 2.24) is 4.90 Å². The normalized spacial score (nSPS) is 13.8. The highest BCUT2D eigenvalue weighted by atomic mass is 79.9. The standard InChI is InChI=1S/C20H23BrN2O2/c1-14-3-10-19(18(21)11-14)22-20(24)13-23(16-6-7-16)12-15-4-8-17(25-2)9-5-15/h3-5,8-11,16H,6-7,12-13H2,1-2H3,(H,22,24). The minimum atomic E-state index is 0.0185. The van der Waals surface area contributed by atoms with Crippen molar-refractivity contribution in [3.8, 4) is 5.75 Å². The van der Waals surface area contributed by atoms with Gasteiger partial charge in [-0.25, -0.2) is 0 Å². The first-order valence-corrected chi connectivity index (χ1v) is 9.27. The number of halogens is 1. The fourth-order valence-electron chi connectivity index (χ4n) is 2.81. The van der Waals surface area contributed by atoms with E-state index in [4.69, 9.17) is 4.74 Å². The highest BCUT2D eigenvalue weighted by Crippen LogP contribution is 2.29. The number of rotatable bonds is 7. The van der Waals surface area contributed by atoms with Crippen molar-refractivity contribution in [2.45, 2.75) is 32.4 Å². The third-order valence-corrected chi connectivity index (χ3v) is 5.01. The minimum Gasteiger partial charge on any atom is -0.497 e. The van der Waals surface area contributed by atoms with Crippen molar-refractivity contribution in [1.29, 1.82) is 0 Å². The molecule has 0 saturated heterocycles. The van der Waals surface area contributed by atoms with Gasteiger partial charge >= 0.3 is 0 Å². The fourth-order valence-corrected chi connectivity index (χ4v) is 3.41. The van der Waals surface area contributed by atoms with Crippen LogP contribution in [0.1, 0.15) is 24.0 Å². The molecule has 0 aliphatic heterocycles. The van der Waals surface area contributed by atoms with Crippen LogP contribution in [0.3, 0.4) is 0 Å². The van der Waals surface area contributed by atoms with Crippen LogP contribution in [-0.2, 0) is 11.3 Å². The molecule has 5 heteroatoms. The summed E-state index contributed by atoms with van der Waals surface area (Å²) < 4.78 is 6.11. The second-order valence-corrected chi connectivity index (χ2v) is 7.37. The predicted molar refractivity (Wildman–Crippen MR) is 104 cm³/mol. The molecule has 0 bridgehead atoms. The summed E-state index contributed by atoms with van der Waals surface area (Å²) in [6, 6.07) is 14.5. The van der Waals surface area contributed by atoms with Gasteiger partial charge in [0.25, 0.3) is 0 Å². The van der Waals surface area contributed by atoms with E-state index in [1.165, 1.54) is 5.56 Å². The molecule has 132 valence electrons. The maximum absolute atomic E-state index is 12.5. The average molecular weight is 403 g/mol. The largest absolute Gasteiger partial charge is 0.497 e. The Kier molecular flexibility index (Phi) is 5.76. The van der Waals surface area contributed by atoms with Crippen molar-refractivity contribution in [2.24, 2.45) is 0 Å². The van der Waals surface area contributed by atoms with E-state index in [-0.39, 0.29) is 5.91 Å². The second-order valence-electron chi connectivity index (χ2n) is 6.52. The monoisotopic (exact) mass is 402 g/mol. The van der Waals surface area contributed by atoms with E-state index >= 15 is 0 Å². The van der Waals surface area contributed by atoms with Gasteiger partial charge in [-0.15, -0.1) is 0 Å². The van der Waals surface area contributed by atoms with Gasteiger partial charge in [0, 0.05) is 17.1 Å². The van der Waals surface area contributed by atoms with Crippen LogP contribution in [0, 0.1) is 6.92 Å². The van der Waals surface area contributed by atoms with Crippen LogP contribution in [0.4, 0.5) is 5.69 Å². The number of anilines is 1. The molecule has 2 aromatic rings. The number of benzene rings is 2. The molecule has 1 saturated carbocycles. The Morgan fingerprint density at radius 1 is 1.24 bits per heavy atom. The highest BCUT2D eigenvalue weighted by molar-refractivity contribution is 9.10. The van der Waals surface area contributed by atoms with Gasteiger partial charge in [0.15, 0.2) is 0 Å². The second kappa shape index (κ2) is 8.02. The van der Waals surface area contributed by atoms with Crippen LogP contribution in [0.15, 0.2) is 46.9 Å². The number of carbonyl (C=O) groups is 1. The first-order chi connectivity index (χ1) is 12.0. The fraction of sp³-hybridized carbons (Fsp3) is 0.350. The summed E-state index contributed by atoms with van der Waals surface area (Å²) in [5, 5.41) is 3.01. The van der Waals surface area contributed by atoms with Crippen LogP contribution in [0.25, 0.3) is 0 Å². The maximum atomic E-state index is 12.5. The molecule has 3 rings (SSSR count). The van der Waals surface area contributed by atoms with Gasteiger partial charge in [0.05, 0.1) is 19.3 Å². The molecule has 0 radical (unpaired) electrons. The number of carbonyl (C=O) groups excluding carboxylic acids is 1. The van der Waals surface area contributed by atoms with Gasteiger partial charge in [0.2, 0.25) is 5.91 Å². The summed E-state index contributed by atoms with van der Waals surface area (Å²) >= 11 is 3.51. The summed E-state index contributed by atoms with van der Waals surface area (Å²) in [7, 11) is 1.67. The number of methoxy groups -OCH3 is 1. The van der Waals surface area contributed by atoms with Gasteiger partial charge in [-0.3, -0.25) is 9.69 Å². The van der Waals surface area contributed by atoms with E-state index in [1.807, 2.05) is 37.3 Å². The summed E-state index contributed by atoms with van der Waals surface area (Å²) in [4.78, 5) is 14.7. The zero-order valence-electron chi connectivity index (χ0n) is 14.6. The van der Waals surface area contributed by atoms with Crippen molar-refractivity contribution in [3.63, 3.8) is 0 Å². The van der Waals surface area contributed by atoms with Crippen LogP contribution in [-0.4, -0.2) is 30.5 Å². The first-order valence-electron chi connectivity index (χ1n) is 8.48. The predicted octanol–water partition coefficient (Wildman–Crippen LogP) is 4.37. The topological polar surface area (TPSA) is 41.6 Å². The van der Waals surface area contributed by atoms with E-state index < -0.39 is 0 Å². The Labute approximate surface area is 157 Å². The Hall–Kier alpha value is -1.85. The Morgan fingerprint density at radius 2 is 1.96 bits per heavy atom. The lowest BCUT2D eigenvalue weighted by atomic mass is 10.2. The number of aryl methyl sites for hydroxylation is 1. The van der Waals surface area contributed by atoms with E-state index in [1.54, 1.807) is 7.11 Å². The molecule has 2 aromatic carbocycles. The SMILES string of the molecule is COc1ccc(CN(CC(=O)Nc2ccc(C)cc2Br)C2CC2)cc1. The van der Waals surface area contributed by atoms with Crippen molar-refractivity contribution >= 4 is 27.5 Å². The Morgan fingerprint density at radius 3 is 2.56 bits per heavy atom. The summed E-state index contributed by atoms with van der Waals surface area (Å²) in [5.41, 5.74) is 3.16. The third-order valence-electron chi connectivity index (χ3n) is 4.35. The number of ether oxygens (including phenoxy) is 1. The lowest BCUT2D eigenvalue weighted by molar-refractivity contribution is -0.117. The van der Waals surface area contributed by atoms with Gasteiger partial charge in [0.1, 0.15) is 5.75 Å². The van der Waals surface area contributed by atoms with Gasteiger partial charge in [-0.1, -0.05) is 18.2 Å². The van der Waals surface area contributed by atoms with Gasteiger partial charge < -0.3 is 10.1 Å². The Balaban J connectivity index is 1.62. The van der Waals surface area contributed by atoms with Gasteiger partial charge in [-0.05, 0) is 71.1 Å². The number of hydrogen-bond donors (Lipinski definition) is 1. The van der Waals surface area contributed by atoms with Crippen LogP contribution in [0.2, 0.25) is 0 Å². The molecule has 1 N–H and O–H groups in total. The molecule has 0 heterocycles. The molecule has 25 heavy (non-hydrogen) atoms. The maximum Gasteiger partial charge on any atom is 0.238 e. The average Bonchev–Trinajstić information content (AvgIpc) is 3.42. The van der Waals surface area contributed by atoms with Crippen molar-refractivity contribution in [3.05, 3.63) is 58.1 Å². The van der Waals surface area contributed by atoms with E-state index in [2.05, 4.69) is 38.3 Å². The lowest BCUT2D eigenvalue weighted by Crippen LogP contribution is -2.34. The van der Waals surface area contributed by atoms with Gasteiger partial charge in [-0.2, -0.15) is 0 Å². The Bertz CT molecular complexity index is 742. The molecule has 1 aliphatic carbocycles. The molecule has 1 fully saturated rings. The summed E-state index contributed by atoms with van der Waals surface area (Å²) in [6.45, 7) is 3.20. The number of amides is 1. The molecule has 0 spiro atoms. The van der Waals surface area contributed by atoms with Crippen molar-refractivity contribution in [2.75, 3.05) is 19.0 Å². The number of nitrogens with zero attached hydrogens (tertiary/aromatic N) is 1. The zero-order valence-corrected chi connectivity index (χ0v) is 16.2. The van der Waals surface area contributed by atoms with E-state index in [0.717, 1.165) is 40.9 Å². The van der Waals surface area contributed by atoms with Crippen molar-refractivity contribution < 1.29 is 9.53 Å². The summed E-state index contributed by atoms with van der Waals surface area (Å²) in [6.07, 6.45) is 2.33.